The topological polar surface area (TPSA) is 78.5 Å². The molecule has 1 saturated heterocycles. The van der Waals surface area contributed by atoms with Gasteiger partial charge in [-0.3, -0.25) is 14.4 Å². The lowest BCUT2D eigenvalue weighted by Crippen LogP contribution is -2.42. The molecule has 1 fully saturated rings. The largest absolute Gasteiger partial charge is 0.416 e. The van der Waals surface area contributed by atoms with E-state index in [2.05, 4.69) is 10.6 Å². The van der Waals surface area contributed by atoms with Crippen LogP contribution in [0.3, 0.4) is 0 Å². The number of carbonyl (C=O) groups excluding carboxylic acids is 3. The molecule has 1 aromatic carbocycles. The molecule has 0 aliphatic carbocycles. The average Bonchev–Trinajstić information content (AvgIpc) is 2.84. The first-order chi connectivity index (χ1) is 11.7. The lowest BCUT2D eigenvalue weighted by atomic mass is 10.1. The molecule has 1 aliphatic heterocycles. The summed E-state index contributed by atoms with van der Waals surface area (Å²) in [6.45, 7) is 1.01. The van der Waals surface area contributed by atoms with Crippen molar-refractivity contribution in [2.45, 2.75) is 32.1 Å². The molecule has 0 aromatic heterocycles. The molecule has 1 aliphatic rings. The molecule has 1 aromatic rings. The van der Waals surface area contributed by atoms with Crippen molar-refractivity contribution in [3.63, 3.8) is 0 Å². The first-order valence-electron chi connectivity index (χ1n) is 7.63. The van der Waals surface area contributed by atoms with Crippen molar-refractivity contribution < 1.29 is 27.6 Å². The van der Waals surface area contributed by atoms with Gasteiger partial charge in [0.2, 0.25) is 17.7 Å². The van der Waals surface area contributed by atoms with Gasteiger partial charge in [-0.25, -0.2) is 0 Å². The van der Waals surface area contributed by atoms with E-state index in [4.69, 9.17) is 0 Å². The first-order valence-corrected chi connectivity index (χ1v) is 7.63. The van der Waals surface area contributed by atoms with Gasteiger partial charge in [-0.2, -0.15) is 13.2 Å². The fraction of sp³-hybridized carbons (Fsp3) is 0.438. The number of benzene rings is 1. The predicted octanol–water partition coefficient (Wildman–Crippen LogP) is 1.06. The van der Waals surface area contributed by atoms with Crippen LogP contribution in [0.25, 0.3) is 0 Å². The number of carbonyl (C=O) groups is 3. The smallest absolute Gasteiger partial charge is 0.350 e. The minimum atomic E-state index is -4.49. The summed E-state index contributed by atoms with van der Waals surface area (Å²) >= 11 is 0. The number of likely N-dealkylation sites (tertiary alicyclic amines) is 1. The Morgan fingerprint density at radius 1 is 1.28 bits per heavy atom. The van der Waals surface area contributed by atoms with Gasteiger partial charge in [-0.05, 0) is 11.6 Å². The molecule has 9 heteroatoms. The van der Waals surface area contributed by atoms with E-state index in [1.165, 1.54) is 30.0 Å². The quantitative estimate of drug-likeness (QED) is 0.827. The number of alkyl halides is 3. The Morgan fingerprint density at radius 2 is 1.96 bits per heavy atom. The maximum Gasteiger partial charge on any atom is 0.416 e. The van der Waals surface area contributed by atoms with Gasteiger partial charge in [0.1, 0.15) is 0 Å². The molecule has 1 heterocycles. The highest BCUT2D eigenvalue weighted by molar-refractivity contribution is 5.85. The number of amides is 3. The second-order valence-electron chi connectivity index (χ2n) is 5.81. The summed E-state index contributed by atoms with van der Waals surface area (Å²) in [5, 5.41) is 4.92. The molecular weight excluding hydrogens is 339 g/mol. The summed E-state index contributed by atoms with van der Waals surface area (Å²) < 4.78 is 39.1. The van der Waals surface area contributed by atoms with Crippen LogP contribution in [-0.4, -0.2) is 41.8 Å². The number of halogens is 3. The van der Waals surface area contributed by atoms with Gasteiger partial charge in [-0.1, -0.05) is 18.2 Å². The Balaban J connectivity index is 1.98. The molecule has 0 spiro atoms. The standard InChI is InChI=1S/C16H18F3N3O3/c1-10(23)20-7-14(24)21-12-6-15(25)22(9-12)8-11-4-2-3-5-13(11)16(17,18)19/h2-5,12H,6-9H2,1H3,(H,20,23)(H,21,24)/t12-/m1/s1. The lowest BCUT2D eigenvalue weighted by Gasteiger charge is -2.20. The second-order valence-corrected chi connectivity index (χ2v) is 5.81. The zero-order valence-corrected chi connectivity index (χ0v) is 13.5. The molecule has 0 radical (unpaired) electrons. The van der Waals surface area contributed by atoms with Crippen LogP contribution in [0.4, 0.5) is 13.2 Å². The number of hydrogen-bond donors (Lipinski definition) is 2. The maximum atomic E-state index is 13.0. The van der Waals surface area contributed by atoms with E-state index >= 15 is 0 Å². The average molecular weight is 357 g/mol. The number of nitrogens with one attached hydrogen (secondary N) is 2. The van der Waals surface area contributed by atoms with Gasteiger partial charge >= 0.3 is 6.18 Å². The summed E-state index contributed by atoms with van der Waals surface area (Å²) in [7, 11) is 0. The van der Waals surface area contributed by atoms with E-state index in [0.29, 0.717) is 0 Å². The Hall–Kier alpha value is -2.58. The number of rotatable bonds is 5. The summed E-state index contributed by atoms with van der Waals surface area (Å²) in [5.74, 6) is -1.14. The van der Waals surface area contributed by atoms with Gasteiger partial charge < -0.3 is 15.5 Å². The Labute approximate surface area is 142 Å². The fourth-order valence-electron chi connectivity index (χ4n) is 2.65. The van der Waals surface area contributed by atoms with Crippen molar-refractivity contribution in [2.75, 3.05) is 13.1 Å². The summed E-state index contributed by atoms with van der Waals surface area (Å²) in [6.07, 6.45) is -4.48. The number of nitrogens with zero attached hydrogens (tertiary/aromatic N) is 1. The first kappa shape index (κ1) is 18.8. The van der Waals surface area contributed by atoms with Gasteiger partial charge in [0.05, 0.1) is 18.2 Å². The second kappa shape index (κ2) is 7.54. The van der Waals surface area contributed by atoms with Crippen LogP contribution >= 0.6 is 0 Å². The molecule has 25 heavy (non-hydrogen) atoms. The van der Waals surface area contributed by atoms with E-state index in [-0.39, 0.29) is 43.4 Å². The fourth-order valence-corrected chi connectivity index (χ4v) is 2.65. The van der Waals surface area contributed by atoms with Crippen LogP contribution in [-0.2, 0) is 27.1 Å². The van der Waals surface area contributed by atoms with Crippen molar-refractivity contribution in [2.24, 2.45) is 0 Å². The third-order valence-electron chi connectivity index (χ3n) is 3.76. The lowest BCUT2D eigenvalue weighted by molar-refractivity contribution is -0.139. The maximum absolute atomic E-state index is 13.0. The van der Waals surface area contributed by atoms with Crippen molar-refractivity contribution >= 4 is 17.7 Å². The summed E-state index contributed by atoms with van der Waals surface area (Å²) in [6, 6.07) is 4.59. The van der Waals surface area contributed by atoms with E-state index in [1.807, 2.05) is 0 Å². The van der Waals surface area contributed by atoms with Gasteiger partial charge in [0.15, 0.2) is 0 Å². The van der Waals surface area contributed by atoms with Crippen molar-refractivity contribution in [3.8, 4) is 0 Å². The van der Waals surface area contributed by atoms with Gasteiger partial charge in [-0.15, -0.1) is 0 Å². The predicted molar refractivity (Wildman–Crippen MR) is 82.1 cm³/mol. The highest BCUT2D eigenvalue weighted by Gasteiger charge is 2.35. The molecular formula is C16H18F3N3O3. The Bertz CT molecular complexity index is 676. The normalized spacial score (nSPS) is 17.5. The molecule has 0 saturated carbocycles. The van der Waals surface area contributed by atoms with Crippen molar-refractivity contribution in [1.29, 1.82) is 0 Å². The minimum Gasteiger partial charge on any atom is -0.350 e. The molecule has 2 rings (SSSR count). The van der Waals surface area contributed by atoms with Crippen molar-refractivity contribution in [3.05, 3.63) is 35.4 Å². The van der Waals surface area contributed by atoms with Crippen LogP contribution in [0.2, 0.25) is 0 Å². The van der Waals surface area contributed by atoms with E-state index < -0.39 is 23.7 Å². The molecule has 2 N–H and O–H groups in total. The SMILES string of the molecule is CC(=O)NCC(=O)N[C@@H]1CC(=O)N(Cc2ccccc2C(F)(F)F)C1. The Morgan fingerprint density at radius 3 is 2.60 bits per heavy atom. The highest BCUT2D eigenvalue weighted by atomic mass is 19.4. The molecule has 136 valence electrons. The molecule has 0 bridgehead atoms. The van der Waals surface area contributed by atoms with E-state index in [1.54, 1.807) is 0 Å². The highest BCUT2D eigenvalue weighted by Crippen LogP contribution is 2.32. The van der Waals surface area contributed by atoms with Crippen LogP contribution in [0.5, 0.6) is 0 Å². The molecule has 0 unspecified atom stereocenters. The minimum absolute atomic E-state index is 0.00794. The van der Waals surface area contributed by atoms with Gasteiger partial charge in [0.25, 0.3) is 0 Å². The summed E-state index contributed by atoms with van der Waals surface area (Å²) in [4.78, 5) is 35.7. The van der Waals surface area contributed by atoms with Crippen molar-refractivity contribution in [1.82, 2.24) is 15.5 Å². The van der Waals surface area contributed by atoms with Crippen LogP contribution in [0, 0.1) is 0 Å². The Kier molecular flexibility index (Phi) is 5.66. The van der Waals surface area contributed by atoms with E-state index in [0.717, 1.165) is 6.07 Å². The monoisotopic (exact) mass is 357 g/mol. The van der Waals surface area contributed by atoms with Crippen LogP contribution in [0.1, 0.15) is 24.5 Å². The molecule has 6 nitrogen and oxygen atoms in total. The third-order valence-corrected chi connectivity index (χ3v) is 3.76. The van der Waals surface area contributed by atoms with Crippen LogP contribution < -0.4 is 10.6 Å². The third kappa shape index (κ3) is 5.20. The molecule has 3 amide bonds. The van der Waals surface area contributed by atoms with Gasteiger partial charge in [0, 0.05) is 26.4 Å². The number of hydrogen-bond acceptors (Lipinski definition) is 3. The van der Waals surface area contributed by atoms with Crippen LogP contribution in [0.15, 0.2) is 24.3 Å². The zero-order valence-electron chi connectivity index (χ0n) is 13.5. The van der Waals surface area contributed by atoms with E-state index in [9.17, 15) is 27.6 Å². The molecule has 1 atom stereocenters. The zero-order chi connectivity index (χ0) is 18.6. The summed E-state index contributed by atoms with van der Waals surface area (Å²) in [5.41, 5.74) is -0.769.